The molecule has 1 fully saturated rings. The smallest absolute Gasteiger partial charge is 0.338 e. The van der Waals surface area contributed by atoms with Gasteiger partial charge in [-0.2, -0.15) is 0 Å². The molecule has 0 aliphatic carbocycles. The lowest BCUT2D eigenvalue weighted by Gasteiger charge is -2.44. The first kappa shape index (κ1) is 45.9. The van der Waals surface area contributed by atoms with E-state index in [9.17, 15) is 39.3 Å². The molecule has 0 spiro atoms. The van der Waals surface area contributed by atoms with Crippen LogP contribution in [0.5, 0.6) is 28.7 Å². The Morgan fingerprint density at radius 1 is 0.574 bits per heavy atom. The summed E-state index contributed by atoms with van der Waals surface area (Å²) in [6.07, 6.45) is -8.07. The monoisotopic (exact) mass is 922 g/mol. The lowest BCUT2D eigenvalue weighted by atomic mass is 9.97. The molecule has 3 N–H and O–H groups in total. The molecule has 346 valence electrons. The highest BCUT2D eigenvalue weighted by molar-refractivity contribution is 5.92. The van der Waals surface area contributed by atoms with Crippen LogP contribution in [0.1, 0.15) is 54.8 Å². The van der Waals surface area contributed by atoms with Crippen molar-refractivity contribution in [2.75, 3.05) is 13.2 Å². The third-order valence-electron chi connectivity index (χ3n) is 10.6. The van der Waals surface area contributed by atoms with Crippen molar-refractivity contribution in [3.63, 3.8) is 0 Å². The number of carbonyl (C=O) groups excluding carboxylic acids is 4. The van der Waals surface area contributed by atoms with Crippen LogP contribution >= 0.6 is 0 Å². The lowest BCUT2D eigenvalue weighted by Crippen LogP contribution is -2.63. The highest BCUT2D eigenvalue weighted by atomic mass is 16.7. The number of hydrogen-bond donors (Lipinski definition) is 3. The average molecular weight is 923 g/mol. The van der Waals surface area contributed by atoms with E-state index in [4.69, 9.17) is 37.6 Å². The van der Waals surface area contributed by atoms with Crippen LogP contribution in [0.15, 0.2) is 161 Å². The maximum atomic E-state index is 14.1. The molecule has 1 aliphatic rings. The number of phenols is 3. The molecule has 0 saturated carbocycles. The maximum absolute atomic E-state index is 14.1. The molecule has 2 unspecified atom stereocenters. The first-order valence-corrected chi connectivity index (χ1v) is 21.3. The fourth-order valence-corrected chi connectivity index (χ4v) is 7.27. The molecular weight excluding hydrogens is 881 g/mol. The van der Waals surface area contributed by atoms with Crippen LogP contribution in [-0.2, 0) is 23.7 Å². The first-order chi connectivity index (χ1) is 33.0. The van der Waals surface area contributed by atoms with Crippen molar-refractivity contribution in [1.29, 1.82) is 0 Å². The van der Waals surface area contributed by atoms with Gasteiger partial charge in [0.05, 0.1) is 28.9 Å². The van der Waals surface area contributed by atoms with Gasteiger partial charge in [0.15, 0.2) is 29.5 Å². The zero-order valence-corrected chi connectivity index (χ0v) is 36.1. The number of carbonyl (C=O) groups is 4. The maximum Gasteiger partial charge on any atom is 0.338 e. The summed E-state index contributed by atoms with van der Waals surface area (Å²) < 4.78 is 48.9. The van der Waals surface area contributed by atoms with Gasteiger partial charge in [-0.25, -0.2) is 19.2 Å². The average Bonchev–Trinajstić information content (AvgIpc) is 3.36. The summed E-state index contributed by atoms with van der Waals surface area (Å²) in [7, 11) is 0. The molecule has 8 rings (SSSR count). The Bertz CT molecular complexity index is 2980. The Morgan fingerprint density at radius 2 is 1.09 bits per heavy atom. The summed E-state index contributed by atoms with van der Waals surface area (Å²) in [6, 6.07) is 37.5. The molecule has 16 nitrogen and oxygen atoms in total. The summed E-state index contributed by atoms with van der Waals surface area (Å²) in [4.78, 5) is 69.4. The second-order valence-electron chi connectivity index (χ2n) is 15.3. The lowest BCUT2D eigenvalue weighted by molar-refractivity contribution is -0.275. The molecular formula is C52H42O16. The van der Waals surface area contributed by atoms with Gasteiger partial charge in [0, 0.05) is 17.7 Å². The largest absolute Gasteiger partial charge is 0.507 e. The number of ether oxygens (including phenoxy) is 7. The zero-order chi connectivity index (χ0) is 47.7. The predicted molar refractivity (Wildman–Crippen MR) is 242 cm³/mol. The van der Waals surface area contributed by atoms with Crippen LogP contribution in [0, 0.1) is 0 Å². The minimum absolute atomic E-state index is 0.0650. The van der Waals surface area contributed by atoms with E-state index in [1.807, 2.05) is 6.92 Å². The normalized spacial score (nSPS) is 17.6. The first-order valence-electron chi connectivity index (χ1n) is 21.3. The van der Waals surface area contributed by atoms with Gasteiger partial charge in [0.25, 0.3) is 0 Å². The number of phenolic OH excluding ortho intramolecular Hbond substituents is 3. The number of benzene rings is 6. The summed E-state index contributed by atoms with van der Waals surface area (Å²) in [5, 5.41) is 31.5. The van der Waals surface area contributed by atoms with E-state index in [2.05, 4.69) is 0 Å². The van der Waals surface area contributed by atoms with Crippen molar-refractivity contribution in [3.8, 4) is 40.1 Å². The standard InChI is InChI=1S/C52H42O16/c1-2-25-61-45-42(56)41-38(55)27-35(28-39(41)64-43(45)34-23-24-36(53)37(54)26-34)63-52-47(68-51(60)33-21-13-6-14-22-33)46(67-50(59)32-19-11-5-12-20-32)44(66-49(58)31-17-9-4-10-18-31)40(65-52)29-62-48(57)30-15-7-3-8-16-30/h3-24,26-28,40,44,46-47,52-55H,2,25,29H2,1H3/t40?,44-,46?,47+,52-/m1/s1. The zero-order valence-electron chi connectivity index (χ0n) is 36.1. The van der Waals surface area contributed by atoms with Gasteiger partial charge in [-0.05, 0) is 73.2 Å². The topological polar surface area (TPSA) is 224 Å². The summed E-state index contributed by atoms with van der Waals surface area (Å²) in [6.45, 7) is 1.26. The molecule has 0 bridgehead atoms. The van der Waals surface area contributed by atoms with Crippen LogP contribution in [-0.4, -0.2) is 83.1 Å². The van der Waals surface area contributed by atoms with Crippen LogP contribution < -0.4 is 14.9 Å². The summed E-state index contributed by atoms with van der Waals surface area (Å²) in [5.41, 5.74) is -0.503. The molecule has 68 heavy (non-hydrogen) atoms. The fourth-order valence-electron chi connectivity index (χ4n) is 7.27. The third kappa shape index (κ3) is 10.2. The van der Waals surface area contributed by atoms with Crippen LogP contribution in [0.25, 0.3) is 22.3 Å². The van der Waals surface area contributed by atoms with Crippen molar-refractivity contribution in [2.24, 2.45) is 0 Å². The highest BCUT2D eigenvalue weighted by Gasteiger charge is 2.54. The van der Waals surface area contributed by atoms with E-state index in [1.54, 1.807) is 72.8 Å². The second kappa shape index (κ2) is 20.7. The van der Waals surface area contributed by atoms with Crippen LogP contribution in [0.4, 0.5) is 0 Å². The fraction of sp³-hybridized carbons (Fsp3) is 0.173. The SMILES string of the molecule is CCCOc1c(-c2ccc(O)c(O)c2)oc2cc(O[C@@H]3OC(COC(=O)c4ccccc4)[C@@H](OC(=O)c4ccccc4)C(OC(=O)c4ccccc4)[C@@H]3OC(=O)c3ccccc3)cc(O)c2c1=O. The molecule has 1 saturated heterocycles. The van der Waals surface area contributed by atoms with Gasteiger partial charge in [0.1, 0.15) is 35.2 Å². The number of esters is 4. The number of aromatic hydroxyl groups is 3. The number of hydrogen-bond acceptors (Lipinski definition) is 16. The Balaban J connectivity index is 1.26. The Labute approximate surface area is 387 Å². The van der Waals surface area contributed by atoms with Gasteiger partial charge in [-0.15, -0.1) is 0 Å². The number of fused-ring (bicyclic) bond motifs is 1. The van der Waals surface area contributed by atoms with E-state index in [0.717, 1.165) is 12.1 Å². The molecule has 2 heterocycles. The Hall–Kier alpha value is -8.63. The number of rotatable bonds is 15. The minimum Gasteiger partial charge on any atom is -0.507 e. The van der Waals surface area contributed by atoms with Gasteiger partial charge < -0.3 is 52.9 Å². The molecule has 5 atom stereocenters. The van der Waals surface area contributed by atoms with Crippen LogP contribution in [0.2, 0.25) is 0 Å². The molecule has 0 amide bonds. The Morgan fingerprint density at radius 3 is 1.62 bits per heavy atom. The van der Waals surface area contributed by atoms with Gasteiger partial charge >= 0.3 is 23.9 Å². The molecule has 0 radical (unpaired) electrons. The summed E-state index contributed by atoms with van der Waals surface area (Å²) >= 11 is 0. The van der Waals surface area contributed by atoms with E-state index < -0.39 is 83.9 Å². The third-order valence-corrected chi connectivity index (χ3v) is 10.6. The molecule has 16 heteroatoms. The van der Waals surface area contributed by atoms with Crippen molar-refractivity contribution >= 4 is 34.8 Å². The molecule has 1 aliphatic heterocycles. The van der Waals surface area contributed by atoms with Crippen molar-refractivity contribution < 1.29 is 72.1 Å². The highest BCUT2D eigenvalue weighted by Crippen LogP contribution is 2.40. The van der Waals surface area contributed by atoms with E-state index in [-0.39, 0.29) is 62.7 Å². The van der Waals surface area contributed by atoms with Crippen molar-refractivity contribution in [1.82, 2.24) is 0 Å². The predicted octanol–water partition coefficient (Wildman–Crippen LogP) is 8.00. The quantitative estimate of drug-likeness (QED) is 0.0503. The van der Waals surface area contributed by atoms with E-state index in [1.165, 1.54) is 66.7 Å². The molecule has 7 aromatic rings. The van der Waals surface area contributed by atoms with Gasteiger partial charge in [0.2, 0.25) is 23.6 Å². The van der Waals surface area contributed by atoms with E-state index >= 15 is 0 Å². The second-order valence-corrected chi connectivity index (χ2v) is 15.3. The van der Waals surface area contributed by atoms with Gasteiger partial charge in [-0.1, -0.05) is 79.7 Å². The van der Waals surface area contributed by atoms with Crippen LogP contribution in [0.3, 0.4) is 0 Å². The van der Waals surface area contributed by atoms with Crippen molar-refractivity contribution in [3.05, 3.63) is 184 Å². The van der Waals surface area contributed by atoms with E-state index in [0.29, 0.717) is 6.42 Å². The van der Waals surface area contributed by atoms with Crippen molar-refractivity contribution in [2.45, 2.75) is 44.1 Å². The molecule has 6 aromatic carbocycles. The minimum atomic E-state index is -1.83. The van der Waals surface area contributed by atoms with Gasteiger partial charge in [-0.3, -0.25) is 4.79 Å². The molecule has 1 aromatic heterocycles. The summed E-state index contributed by atoms with van der Waals surface area (Å²) in [5.74, 6) is -5.86. The Kier molecular flexibility index (Phi) is 14.0.